The van der Waals surface area contributed by atoms with E-state index in [9.17, 15) is 9.59 Å². The Balaban J connectivity index is 1.42. The van der Waals surface area contributed by atoms with Crippen LogP contribution in [-0.2, 0) is 4.79 Å². The largest absolute Gasteiger partial charge is 0.485 e. The first-order valence-corrected chi connectivity index (χ1v) is 9.56. The fraction of sp³-hybridized carbons (Fsp3) is 0.111. The molecule has 0 fully saturated rings. The molecule has 9 heteroatoms. The van der Waals surface area contributed by atoms with Crippen molar-refractivity contribution in [1.82, 2.24) is 15.8 Å². The van der Waals surface area contributed by atoms with Gasteiger partial charge in [0.2, 0.25) is 6.10 Å². The Kier molecular flexibility index (Phi) is 4.79. The quantitative estimate of drug-likeness (QED) is 0.476. The van der Waals surface area contributed by atoms with Crippen LogP contribution in [0.1, 0.15) is 10.4 Å². The summed E-state index contributed by atoms with van der Waals surface area (Å²) in [6.07, 6.45) is 0.731. The third-order valence-corrected chi connectivity index (χ3v) is 5.91. The van der Waals surface area contributed by atoms with E-state index in [2.05, 4.69) is 47.7 Å². The normalized spacial score (nSPS) is 15.4. The molecule has 0 radical (unpaired) electrons. The van der Waals surface area contributed by atoms with Crippen LogP contribution in [0.3, 0.4) is 0 Å². The minimum Gasteiger partial charge on any atom is -0.485 e. The predicted molar refractivity (Wildman–Crippen MR) is 106 cm³/mol. The maximum atomic E-state index is 12.5. The average molecular weight is 495 g/mol. The van der Waals surface area contributed by atoms with Crippen molar-refractivity contribution < 1.29 is 19.1 Å². The summed E-state index contributed by atoms with van der Waals surface area (Å²) < 4.78 is 12.8. The Morgan fingerprint density at radius 2 is 1.81 bits per heavy atom. The van der Waals surface area contributed by atoms with Gasteiger partial charge in [-0.3, -0.25) is 20.4 Å². The standard InChI is InChI=1S/C18H13Br2N3O4/c19-11-5-9-10(7-21-13(9)6-12(11)20)17(24)22-23-18(25)16-8-26-14-3-1-2-4-15(14)27-16/h1-7,16,21H,8H2,(H,22,24)(H,23,25). The van der Waals surface area contributed by atoms with Gasteiger partial charge in [-0.15, -0.1) is 0 Å². The molecule has 7 nitrogen and oxygen atoms in total. The molecule has 138 valence electrons. The summed E-state index contributed by atoms with van der Waals surface area (Å²) in [7, 11) is 0. The zero-order valence-electron chi connectivity index (χ0n) is 13.7. The molecule has 1 aliphatic rings. The van der Waals surface area contributed by atoms with Crippen LogP contribution in [0.15, 0.2) is 51.5 Å². The van der Waals surface area contributed by atoms with Crippen molar-refractivity contribution in [2.24, 2.45) is 0 Å². The zero-order valence-corrected chi connectivity index (χ0v) is 16.9. The lowest BCUT2D eigenvalue weighted by molar-refractivity contribution is -0.131. The minimum absolute atomic E-state index is 0.0623. The molecule has 3 N–H and O–H groups in total. The lowest BCUT2D eigenvalue weighted by Crippen LogP contribution is -2.50. The maximum Gasteiger partial charge on any atom is 0.283 e. The number of carbonyl (C=O) groups excluding carboxylic acids is 2. The van der Waals surface area contributed by atoms with E-state index >= 15 is 0 Å². The molecule has 0 spiro atoms. The molecule has 2 heterocycles. The van der Waals surface area contributed by atoms with E-state index in [-0.39, 0.29) is 6.61 Å². The summed E-state index contributed by atoms with van der Waals surface area (Å²) in [5.41, 5.74) is 6.00. The highest BCUT2D eigenvalue weighted by Crippen LogP contribution is 2.31. The minimum atomic E-state index is -0.853. The predicted octanol–water partition coefficient (Wildman–Crippen LogP) is 3.29. The number of hydrogen-bond acceptors (Lipinski definition) is 4. The summed E-state index contributed by atoms with van der Waals surface area (Å²) in [5, 5.41) is 0.725. The number of benzene rings is 2. The van der Waals surface area contributed by atoms with Gasteiger partial charge in [0, 0.05) is 26.0 Å². The van der Waals surface area contributed by atoms with E-state index in [1.807, 2.05) is 18.2 Å². The molecule has 0 saturated carbocycles. The van der Waals surface area contributed by atoms with Crippen molar-refractivity contribution in [2.45, 2.75) is 6.10 Å². The molecule has 0 saturated heterocycles. The van der Waals surface area contributed by atoms with Crippen LogP contribution >= 0.6 is 31.9 Å². The van der Waals surface area contributed by atoms with Gasteiger partial charge < -0.3 is 14.5 Å². The van der Waals surface area contributed by atoms with Gasteiger partial charge in [-0.05, 0) is 56.1 Å². The van der Waals surface area contributed by atoms with E-state index < -0.39 is 17.9 Å². The van der Waals surface area contributed by atoms with Gasteiger partial charge >= 0.3 is 0 Å². The number of hydrogen-bond donors (Lipinski definition) is 3. The molecule has 1 atom stereocenters. The number of hydrazine groups is 1. The van der Waals surface area contributed by atoms with Crippen LogP contribution in [0.25, 0.3) is 10.9 Å². The summed E-state index contributed by atoms with van der Waals surface area (Å²) in [6.45, 7) is 0.0623. The lowest BCUT2D eigenvalue weighted by atomic mass is 10.2. The van der Waals surface area contributed by atoms with Gasteiger partial charge in [0.25, 0.3) is 11.8 Å². The number of nitrogens with one attached hydrogen (secondary N) is 3. The molecular formula is C18H13Br2N3O4. The van der Waals surface area contributed by atoms with E-state index in [0.717, 1.165) is 19.8 Å². The number of rotatable bonds is 2. The van der Waals surface area contributed by atoms with Gasteiger partial charge in [0.05, 0.1) is 5.56 Å². The van der Waals surface area contributed by atoms with Gasteiger partial charge in [-0.25, -0.2) is 0 Å². The third kappa shape index (κ3) is 3.52. The monoisotopic (exact) mass is 493 g/mol. The summed E-state index contributed by atoms with van der Waals surface area (Å²) in [4.78, 5) is 27.8. The van der Waals surface area contributed by atoms with Crippen molar-refractivity contribution in [3.8, 4) is 11.5 Å². The topological polar surface area (TPSA) is 92.5 Å². The molecule has 1 aromatic heterocycles. The SMILES string of the molecule is O=C(NNC(=O)C1COc2ccccc2O1)c1c[nH]c2cc(Br)c(Br)cc12. The second-order valence-corrected chi connectivity index (χ2v) is 7.53. The van der Waals surface area contributed by atoms with Crippen LogP contribution in [0.4, 0.5) is 0 Å². The van der Waals surface area contributed by atoms with Crippen LogP contribution in [-0.4, -0.2) is 29.5 Å². The van der Waals surface area contributed by atoms with Gasteiger partial charge in [0.1, 0.15) is 6.61 Å². The van der Waals surface area contributed by atoms with E-state index in [1.165, 1.54) is 0 Å². The van der Waals surface area contributed by atoms with Crippen LogP contribution in [0.5, 0.6) is 11.5 Å². The number of amides is 2. The van der Waals surface area contributed by atoms with Crippen molar-refractivity contribution >= 4 is 54.6 Å². The molecular weight excluding hydrogens is 482 g/mol. The maximum absolute atomic E-state index is 12.5. The molecule has 1 unspecified atom stereocenters. The van der Waals surface area contributed by atoms with Gasteiger partial charge in [0.15, 0.2) is 11.5 Å². The number of para-hydroxylation sites is 2. The van der Waals surface area contributed by atoms with Crippen molar-refractivity contribution in [3.05, 3.63) is 57.1 Å². The highest BCUT2D eigenvalue weighted by molar-refractivity contribution is 9.13. The Morgan fingerprint density at radius 3 is 2.63 bits per heavy atom. The molecule has 3 aromatic rings. The number of fused-ring (bicyclic) bond motifs is 2. The van der Waals surface area contributed by atoms with Crippen molar-refractivity contribution in [1.29, 1.82) is 0 Å². The second kappa shape index (κ2) is 7.24. The molecule has 27 heavy (non-hydrogen) atoms. The van der Waals surface area contributed by atoms with E-state index in [1.54, 1.807) is 24.4 Å². The fourth-order valence-electron chi connectivity index (χ4n) is 2.72. The first-order valence-electron chi connectivity index (χ1n) is 7.98. The summed E-state index contributed by atoms with van der Waals surface area (Å²) >= 11 is 6.84. The highest BCUT2D eigenvalue weighted by Gasteiger charge is 2.27. The lowest BCUT2D eigenvalue weighted by Gasteiger charge is -2.25. The summed E-state index contributed by atoms with van der Waals surface area (Å²) in [6, 6.07) is 10.8. The van der Waals surface area contributed by atoms with E-state index in [0.29, 0.717) is 17.1 Å². The Bertz CT molecular complexity index is 1050. The first kappa shape index (κ1) is 17.9. The number of aromatic amines is 1. The van der Waals surface area contributed by atoms with Crippen LogP contribution in [0, 0.1) is 0 Å². The van der Waals surface area contributed by atoms with E-state index in [4.69, 9.17) is 9.47 Å². The summed E-state index contributed by atoms with van der Waals surface area (Å²) in [5.74, 6) is 0.131. The van der Waals surface area contributed by atoms with Crippen molar-refractivity contribution in [2.75, 3.05) is 6.61 Å². The fourth-order valence-corrected chi connectivity index (χ4v) is 3.41. The average Bonchev–Trinajstić information content (AvgIpc) is 3.08. The number of ether oxygens (including phenoxy) is 2. The molecule has 4 rings (SSSR count). The number of carbonyl (C=O) groups is 2. The van der Waals surface area contributed by atoms with Crippen LogP contribution < -0.4 is 20.3 Å². The molecule has 1 aliphatic heterocycles. The molecule has 2 aromatic carbocycles. The molecule has 0 bridgehead atoms. The Hall–Kier alpha value is -2.52. The Morgan fingerprint density at radius 1 is 1.07 bits per heavy atom. The highest BCUT2D eigenvalue weighted by atomic mass is 79.9. The first-order chi connectivity index (χ1) is 13.0. The van der Waals surface area contributed by atoms with Crippen molar-refractivity contribution in [3.63, 3.8) is 0 Å². The number of aromatic nitrogens is 1. The van der Waals surface area contributed by atoms with Crippen LogP contribution in [0.2, 0.25) is 0 Å². The molecule has 2 amide bonds. The smallest absolute Gasteiger partial charge is 0.283 e. The second-order valence-electron chi connectivity index (χ2n) is 5.82. The van der Waals surface area contributed by atoms with Gasteiger partial charge in [-0.2, -0.15) is 0 Å². The number of H-pyrrole nitrogens is 1. The third-order valence-electron chi connectivity index (χ3n) is 4.07. The Labute approximate surface area is 170 Å². The zero-order chi connectivity index (χ0) is 19.0. The number of halogens is 2. The van der Waals surface area contributed by atoms with Gasteiger partial charge in [-0.1, -0.05) is 12.1 Å². The molecule has 0 aliphatic carbocycles.